The Morgan fingerprint density at radius 2 is 1.88 bits per heavy atom. The Morgan fingerprint density at radius 1 is 1.06 bits per heavy atom. The second-order valence-corrected chi connectivity index (χ2v) is 7.22. The summed E-state index contributed by atoms with van der Waals surface area (Å²) >= 11 is 0. The maximum Gasteiger partial charge on any atom is 0.339 e. The quantitative estimate of drug-likeness (QED) is 0.453. The summed E-state index contributed by atoms with van der Waals surface area (Å²) in [6.45, 7) is 2.23. The van der Waals surface area contributed by atoms with E-state index in [1.165, 1.54) is 7.11 Å². The van der Waals surface area contributed by atoms with Crippen molar-refractivity contribution in [1.29, 1.82) is 0 Å². The molecular formula is C24H23N5O3. The molecule has 8 heteroatoms. The molecule has 2 amide bonds. The largest absolute Gasteiger partial charge is 0.465 e. The highest BCUT2D eigenvalue weighted by Gasteiger charge is 2.16. The maximum atomic E-state index is 12.5. The van der Waals surface area contributed by atoms with Crippen molar-refractivity contribution in [3.05, 3.63) is 83.8 Å². The fourth-order valence-electron chi connectivity index (χ4n) is 3.48. The van der Waals surface area contributed by atoms with Gasteiger partial charge in [0.2, 0.25) is 0 Å². The molecule has 2 N–H and O–H groups in total. The van der Waals surface area contributed by atoms with Crippen molar-refractivity contribution in [3.63, 3.8) is 0 Å². The van der Waals surface area contributed by atoms with Gasteiger partial charge < -0.3 is 15.4 Å². The van der Waals surface area contributed by atoms with E-state index in [1.54, 1.807) is 24.4 Å². The first kappa shape index (κ1) is 21.0. The van der Waals surface area contributed by atoms with Crippen LogP contribution in [-0.4, -0.2) is 40.2 Å². The lowest BCUT2D eigenvalue weighted by atomic mass is 10.1. The monoisotopic (exact) mass is 429 g/mol. The zero-order valence-electron chi connectivity index (χ0n) is 17.8. The Labute approximate surface area is 185 Å². The first-order valence-corrected chi connectivity index (χ1v) is 10.2. The van der Waals surface area contributed by atoms with Gasteiger partial charge in [0, 0.05) is 24.8 Å². The summed E-state index contributed by atoms with van der Waals surface area (Å²) in [5.41, 5.74) is 4.12. The van der Waals surface area contributed by atoms with E-state index in [2.05, 4.69) is 15.6 Å². The molecule has 0 atom stereocenters. The molecule has 0 radical (unpaired) electrons. The number of hydrogen-bond donors (Lipinski definition) is 2. The predicted octanol–water partition coefficient (Wildman–Crippen LogP) is 3.88. The average Bonchev–Trinajstić information content (AvgIpc) is 3.17. The van der Waals surface area contributed by atoms with E-state index in [9.17, 15) is 9.59 Å². The van der Waals surface area contributed by atoms with Crippen molar-refractivity contribution < 1.29 is 14.3 Å². The second kappa shape index (κ2) is 9.30. The SMILES string of the molecule is COC(=O)c1ccc(C)cc1NC(=O)NCCc1nc2cccnc2n1-c1ccccc1. The van der Waals surface area contributed by atoms with E-state index < -0.39 is 12.0 Å². The minimum Gasteiger partial charge on any atom is -0.465 e. The van der Waals surface area contributed by atoms with E-state index in [0.29, 0.717) is 24.2 Å². The summed E-state index contributed by atoms with van der Waals surface area (Å²) in [5, 5.41) is 5.57. The van der Waals surface area contributed by atoms with Gasteiger partial charge in [-0.05, 0) is 48.9 Å². The minimum atomic E-state index is -0.510. The van der Waals surface area contributed by atoms with E-state index in [4.69, 9.17) is 9.72 Å². The summed E-state index contributed by atoms with van der Waals surface area (Å²) in [5.74, 6) is 0.278. The van der Waals surface area contributed by atoms with Gasteiger partial charge >= 0.3 is 12.0 Å². The molecule has 2 aromatic heterocycles. The molecule has 32 heavy (non-hydrogen) atoms. The number of para-hydroxylation sites is 1. The van der Waals surface area contributed by atoms with Crippen LogP contribution in [0.25, 0.3) is 16.9 Å². The Morgan fingerprint density at radius 3 is 2.66 bits per heavy atom. The summed E-state index contributed by atoms with van der Waals surface area (Å²) in [7, 11) is 1.31. The number of imidazole rings is 1. The van der Waals surface area contributed by atoms with Gasteiger partial charge in [0.25, 0.3) is 0 Å². The maximum absolute atomic E-state index is 12.5. The topological polar surface area (TPSA) is 98.1 Å². The number of amides is 2. The number of urea groups is 1. The van der Waals surface area contributed by atoms with Crippen LogP contribution in [0.15, 0.2) is 66.9 Å². The molecule has 4 aromatic rings. The number of aryl methyl sites for hydroxylation is 1. The third-order valence-electron chi connectivity index (χ3n) is 4.96. The van der Waals surface area contributed by atoms with E-state index in [0.717, 1.165) is 28.2 Å². The zero-order valence-corrected chi connectivity index (χ0v) is 17.8. The molecule has 0 aliphatic carbocycles. The van der Waals surface area contributed by atoms with Crippen LogP contribution in [-0.2, 0) is 11.2 Å². The molecule has 4 rings (SSSR count). The zero-order chi connectivity index (χ0) is 22.5. The second-order valence-electron chi connectivity index (χ2n) is 7.22. The third-order valence-corrected chi connectivity index (χ3v) is 4.96. The molecule has 0 aliphatic heterocycles. The van der Waals surface area contributed by atoms with Gasteiger partial charge in [-0.25, -0.2) is 19.6 Å². The summed E-state index contributed by atoms with van der Waals surface area (Å²) in [4.78, 5) is 33.6. The highest BCUT2D eigenvalue weighted by atomic mass is 16.5. The number of nitrogens with one attached hydrogen (secondary N) is 2. The summed E-state index contributed by atoms with van der Waals surface area (Å²) in [6.07, 6.45) is 2.23. The smallest absolute Gasteiger partial charge is 0.339 e. The number of methoxy groups -OCH3 is 1. The normalized spacial score (nSPS) is 10.7. The lowest BCUT2D eigenvalue weighted by molar-refractivity contribution is 0.0602. The van der Waals surface area contributed by atoms with Crippen LogP contribution in [0.1, 0.15) is 21.7 Å². The van der Waals surface area contributed by atoms with Gasteiger partial charge in [-0.15, -0.1) is 0 Å². The first-order chi connectivity index (χ1) is 15.6. The Hall–Kier alpha value is -4.20. The van der Waals surface area contributed by atoms with Crippen molar-refractivity contribution in [3.8, 4) is 5.69 Å². The molecule has 0 saturated heterocycles. The third kappa shape index (κ3) is 4.44. The van der Waals surface area contributed by atoms with Crippen LogP contribution in [0.5, 0.6) is 0 Å². The summed E-state index contributed by atoms with van der Waals surface area (Å²) < 4.78 is 6.78. The van der Waals surface area contributed by atoms with Crippen LogP contribution in [0.3, 0.4) is 0 Å². The summed E-state index contributed by atoms with van der Waals surface area (Å²) in [6, 6.07) is 18.3. The average molecular weight is 429 g/mol. The van der Waals surface area contributed by atoms with Crippen LogP contribution in [0.4, 0.5) is 10.5 Å². The number of rotatable bonds is 6. The lowest BCUT2D eigenvalue weighted by Gasteiger charge is -2.12. The molecular weight excluding hydrogens is 406 g/mol. The molecule has 0 saturated carbocycles. The molecule has 8 nitrogen and oxygen atoms in total. The number of anilines is 1. The van der Waals surface area contributed by atoms with Crippen molar-refractivity contribution in [2.45, 2.75) is 13.3 Å². The number of ether oxygens (including phenoxy) is 1. The molecule has 0 aliphatic rings. The number of aromatic nitrogens is 3. The van der Waals surface area contributed by atoms with Gasteiger partial charge in [0.15, 0.2) is 5.65 Å². The number of fused-ring (bicyclic) bond motifs is 1. The fourth-order valence-corrected chi connectivity index (χ4v) is 3.48. The van der Waals surface area contributed by atoms with Crippen LogP contribution < -0.4 is 10.6 Å². The molecule has 0 spiro atoms. The molecule has 0 bridgehead atoms. The predicted molar refractivity (Wildman–Crippen MR) is 122 cm³/mol. The molecule has 2 heterocycles. The fraction of sp³-hybridized carbons (Fsp3) is 0.167. The van der Waals surface area contributed by atoms with Gasteiger partial charge in [0.05, 0.1) is 18.4 Å². The standard InChI is InChI=1S/C24H23N5O3/c1-16-10-11-18(23(30)32-2)20(15-16)28-24(31)26-14-12-21-27-19-9-6-13-25-22(19)29(21)17-7-4-3-5-8-17/h3-11,13,15H,12,14H2,1-2H3,(H2,26,28,31). The van der Waals surface area contributed by atoms with Crippen molar-refractivity contribution in [2.75, 3.05) is 19.0 Å². The van der Waals surface area contributed by atoms with Crippen LogP contribution in [0, 0.1) is 6.92 Å². The minimum absolute atomic E-state index is 0.296. The number of esters is 1. The number of pyridine rings is 1. The Bertz CT molecular complexity index is 1270. The van der Waals surface area contributed by atoms with Crippen LogP contribution >= 0.6 is 0 Å². The van der Waals surface area contributed by atoms with Crippen LogP contribution in [0.2, 0.25) is 0 Å². The van der Waals surface area contributed by atoms with Gasteiger partial charge in [0.1, 0.15) is 11.3 Å². The Kier molecular flexibility index (Phi) is 6.12. The molecule has 2 aromatic carbocycles. The molecule has 0 fully saturated rings. The van der Waals surface area contributed by atoms with E-state index in [1.807, 2.05) is 54.0 Å². The van der Waals surface area contributed by atoms with Gasteiger partial charge in [-0.3, -0.25) is 4.57 Å². The first-order valence-electron chi connectivity index (χ1n) is 10.2. The number of hydrogen-bond acceptors (Lipinski definition) is 5. The molecule has 162 valence electrons. The van der Waals surface area contributed by atoms with Crippen molar-refractivity contribution in [1.82, 2.24) is 19.9 Å². The lowest BCUT2D eigenvalue weighted by Crippen LogP contribution is -2.31. The van der Waals surface area contributed by atoms with Crippen molar-refractivity contribution >= 4 is 28.9 Å². The van der Waals surface area contributed by atoms with Gasteiger partial charge in [-0.2, -0.15) is 0 Å². The van der Waals surface area contributed by atoms with Gasteiger partial charge in [-0.1, -0.05) is 24.3 Å². The van der Waals surface area contributed by atoms with E-state index >= 15 is 0 Å². The number of carbonyl (C=O) groups excluding carboxylic acids is 2. The highest BCUT2D eigenvalue weighted by molar-refractivity contribution is 6.01. The molecule has 0 unspecified atom stereocenters. The number of benzene rings is 2. The Balaban J connectivity index is 1.48. The number of carbonyl (C=O) groups is 2. The highest BCUT2D eigenvalue weighted by Crippen LogP contribution is 2.20. The van der Waals surface area contributed by atoms with E-state index in [-0.39, 0.29) is 0 Å². The number of nitrogens with zero attached hydrogens (tertiary/aromatic N) is 3. The van der Waals surface area contributed by atoms with Crippen molar-refractivity contribution in [2.24, 2.45) is 0 Å².